The number of amides is 1. The summed E-state index contributed by atoms with van der Waals surface area (Å²) in [5, 5.41) is 8.82. The molecule has 5 heteroatoms. The van der Waals surface area contributed by atoms with Crippen LogP contribution >= 0.6 is 15.9 Å². The molecule has 24 heavy (non-hydrogen) atoms. The number of carbonyl (C=O) groups excluding carboxylic acids is 1. The Morgan fingerprint density at radius 2 is 1.79 bits per heavy atom. The first-order valence-corrected chi connectivity index (χ1v) is 8.20. The van der Waals surface area contributed by atoms with Gasteiger partial charge in [0.15, 0.2) is 6.61 Å². The fourth-order valence-corrected chi connectivity index (χ4v) is 2.62. The molecule has 3 rings (SSSR count). The Balaban J connectivity index is 1.54. The minimum Gasteiger partial charge on any atom is -0.386 e. The van der Waals surface area contributed by atoms with Crippen LogP contribution in [0.3, 0.4) is 0 Å². The standard InChI is InChI=1S/C19H15BrN2O2/c20-18-8-4-3-7-16(18)12-21-24-13-19(23)22-17-10-9-14-5-1-2-6-15(14)11-17/h1-12H,13H2,(H,22,23)/b21-12-. The fourth-order valence-electron chi connectivity index (χ4n) is 2.23. The Morgan fingerprint density at radius 3 is 2.62 bits per heavy atom. The molecule has 0 aromatic heterocycles. The van der Waals surface area contributed by atoms with Crippen LogP contribution in [0.15, 0.2) is 76.4 Å². The van der Waals surface area contributed by atoms with Crippen molar-refractivity contribution in [2.45, 2.75) is 0 Å². The quantitative estimate of drug-likeness (QED) is 0.518. The highest BCUT2D eigenvalue weighted by atomic mass is 79.9. The maximum absolute atomic E-state index is 11.9. The summed E-state index contributed by atoms with van der Waals surface area (Å²) in [5.41, 5.74) is 1.62. The van der Waals surface area contributed by atoms with E-state index in [2.05, 4.69) is 26.4 Å². The molecule has 3 aromatic carbocycles. The Labute approximate surface area is 148 Å². The van der Waals surface area contributed by atoms with E-state index in [0.717, 1.165) is 26.5 Å². The van der Waals surface area contributed by atoms with Crippen LogP contribution < -0.4 is 5.32 Å². The maximum Gasteiger partial charge on any atom is 0.265 e. The molecular formula is C19H15BrN2O2. The molecule has 0 bridgehead atoms. The van der Waals surface area contributed by atoms with Gasteiger partial charge in [-0.2, -0.15) is 0 Å². The van der Waals surface area contributed by atoms with Gasteiger partial charge in [-0.05, 0) is 29.0 Å². The molecule has 0 heterocycles. The van der Waals surface area contributed by atoms with Crippen molar-refractivity contribution in [3.8, 4) is 0 Å². The van der Waals surface area contributed by atoms with Crippen molar-refractivity contribution in [1.29, 1.82) is 0 Å². The Morgan fingerprint density at radius 1 is 1.04 bits per heavy atom. The lowest BCUT2D eigenvalue weighted by atomic mass is 10.1. The second-order valence-electron chi connectivity index (χ2n) is 5.14. The zero-order valence-corrected chi connectivity index (χ0v) is 14.4. The number of nitrogens with one attached hydrogen (secondary N) is 1. The van der Waals surface area contributed by atoms with Crippen molar-refractivity contribution in [2.24, 2.45) is 5.16 Å². The molecular weight excluding hydrogens is 368 g/mol. The second kappa shape index (κ2) is 7.75. The van der Waals surface area contributed by atoms with Crippen LogP contribution in [-0.4, -0.2) is 18.7 Å². The minimum absolute atomic E-state index is 0.145. The third-order valence-corrected chi connectivity index (χ3v) is 4.12. The van der Waals surface area contributed by atoms with E-state index in [4.69, 9.17) is 4.84 Å². The van der Waals surface area contributed by atoms with Crippen LogP contribution in [-0.2, 0) is 9.63 Å². The average molecular weight is 383 g/mol. The van der Waals surface area contributed by atoms with Crippen molar-refractivity contribution in [1.82, 2.24) is 0 Å². The van der Waals surface area contributed by atoms with E-state index in [1.807, 2.05) is 66.7 Å². The number of benzene rings is 3. The summed E-state index contributed by atoms with van der Waals surface area (Å²) in [4.78, 5) is 17.0. The Bertz CT molecular complexity index is 893. The summed E-state index contributed by atoms with van der Waals surface area (Å²) in [5.74, 6) is -0.255. The van der Waals surface area contributed by atoms with E-state index in [1.54, 1.807) is 6.21 Å². The van der Waals surface area contributed by atoms with E-state index in [1.165, 1.54) is 0 Å². The average Bonchev–Trinajstić information content (AvgIpc) is 2.60. The van der Waals surface area contributed by atoms with Gasteiger partial charge in [-0.1, -0.05) is 69.6 Å². The molecule has 0 spiro atoms. The molecule has 0 aliphatic carbocycles. The summed E-state index contributed by atoms with van der Waals surface area (Å²) in [6.45, 7) is -0.145. The third kappa shape index (κ3) is 4.20. The molecule has 0 saturated heterocycles. The zero-order valence-electron chi connectivity index (χ0n) is 12.8. The summed E-state index contributed by atoms with van der Waals surface area (Å²) in [6, 6.07) is 21.4. The third-order valence-electron chi connectivity index (χ3n) is 3.40. The van der Waals surface area contributed by atoms with Gasteiger partial charge < -0.3 is 10.2 Å². The van der Waals surface area contributed by atoms with E-state index in [0.29, 0.717) is 0 Å². The van der Waals surface area contributed by atoms with Gasteiger partial charge in [0.05, 0.1) is 6.21 Å². The number of rotatable bonds is 5. The van der Waals surface area contributed by atoms with Crippen LogP contribution in [0.25, 0.3) is 10.8 Å². The number of oxime groups is 1. The molecule has 0 radical (unpaired) electrons. The van der Waals surface area contributed by atoms with Gasteiger partial charge in [-0.3, -0.25) is 4.79 Å². The highest BCUT2D eigenvalue weighted by Crippen LogP contribution is 2.18. The van der Waals surface area contributed by atoms with Gasteiger partial charge in [0, 0.05) is 15.7 Å². The van der Waals surface area contributed by atoms with Gasteiger partial charge in [-0.15, -0.1) is 0 Å². The molecule has 1 amide bonds. The first kappa shape index (κ1) is 16.2. The topological polar surface area (TPSA) is 50.7 Å². The predicted octanol–water partition coefficient (Wildman–Crippen LogP) is 4.59. The van der Waals surface area contributed by atoms with Gasteiger partial charge in [0.1, 0.15) is 0 Å². The van der Waals surface area contributed by atoms with E-state index >= 15 is 0 Å². The summed E-state index contributed by atoms with van der Waals surface area (Å²) < 4.78 is 0.915. The fraction of sp³-hybridized carbons (Fsp3) is 0.0526. The molecule has 1 N–H and O–H groups in total. The number of nitrogens with zero attached hydrogens (tertiary/aromatic N) is 1. The monoisotopic (exact) mass is 382 g/mol. The van der Waals surface area contributed by atoms with Crippen LogP contribution in [0.2, 0.25) is 0 Å². The van der Waals surface area contributed by atoms with E-state index in [-0.39, 0.29) is 12.5 Å². The van der Waals surface area contributed by atoms with Gasteiger partial charge >= 0.3 is 0 Å². The van der Waals surface area contributed by atoms with Crippen LogP contribution in [0.1, 0.15) is 5.56 Å². The summed E-state index contributed by atoms with van der Waals surface area (Å²) >= 11 is 3.42. The van der Waals surface area contributed by atoms with Gasteiger partial charge in [-0.25, -0.2) is 0 Å². The SMILES string of the molecule is O=C(CO/N=C\c1ccccc1Br)Nc1ccc2ccccc2c1. The Hall–Kier alpha value is -2.66. The molecule has 0 aliphatic heterocycles. The zero-order chi connectivity index (χ0) is 16.8. The smallest absolute Gasteiger partial charge is 0.265 e. The highest BCUT2D eigenvalue weighted by Gasteiger charge is 2.03. The first-order chi connectivity index (χ1) is 11.7. The largest absolute Gasteiger partial charge is 0.386 e. The number of carbonyl (C=O) groups is 1. The van der Waals surface area contributed by atoms with Crippen molar-refractivity contribution >= 4 is 44.5 Å². The van der Waals surface area contributed by atoms with E-state index in [9.17, 15) is 4.79 Å². The number of anilines is 1. The molecule has 0 unspecified atom stereocenters. The normalized spacial score (nSPS) is 10.9. The Kier molecular flexibility index (Phi) is 5.23. The summed E-state index contributed by atoms with van der Waals surface area (Å²) in [6.07, 6.45) is 1.56. The molecule has 0 fully saturated rings. The van der Waals surface area contributed by atoms with Crippen molar-refractivity contribution in [3.05, 3.63) is 76.8 Å². The highest BCUT2D eigenvalue weighted by molar-refractivity contribution is 9.10. The predicted molar refractivity (Wildman–Crippen MR) is 100 cm³/mol. The van der Waals surface area contributed by atoms with Crippen LogP contribution in [0.5, 0.6) is 0 Å². The second-order valence-corrected chi connectivity index (χ2v) is 5.99. The summed E-state index contributed by atoms with van der Waals surface area (Å²) in [7, 11) is 0. The van der Waals surface area contributed by atoms with Crippen LogP contribution in [0.4, 0.5) is 5.69 Å². The van der Waals surface area contributed by atoms with E-state index < -0.39 is 0 Å². The molecule has 4 nitrogen and oxygen atoms in total. The van der Waals surface area contributed by atoms with Crippen molar-refractivity contribution in [3.63, 3.8) is 0 Å². The molecule has 0 aliphatic rings. The number of halogens is 1. The van der Waals surface area contributed by atoms with Crippen LogP contribution in [0, 0.1) is 0 Å². The lowest BCUT2D eigenvalue weighted by molar-refractivity contribution is -0.120. The van der Waals surface area contributed by atoms with Gasteiger partial charge in [0.2, 0.25) is 0 Å². The lowest BCUT2D eigenvalue weighted by Gasteiger charge is -2.06. The van der Waals surface area contributed by atoms with Crippen molar-refractivity contribution in [2.75, 3.05) is 11.9 Å². The number of hydrogen-bond acceptors (Lipinski definition) is 3. The lowest BCUT2D eigenvalue weighted by Crippen LogP contribution is -2.16. The molecule has 3 aromatic rings. The molecule has 0 saturated carbocycles. The number of hydrogen-bond donors (Lipinski definition) is 1. The minimum atomic E-state index is -0.255. The number of fused-ring (bicyclic) bond motifs is 1. The maximum atomic E-state index is 11.9. The molecule has 0 atom stereocenters. The first-order valence-electron chi connectivity index (χ1n) is 7.41. The molecule has 120 valence electrons. The van der Waals surface area contributed by atoms with Crippen molar-refractivity contribution < 1.29 is 9.63 Å². The van der Waals surface area contributed by atoms with Gasteiger partial charge in [0.25, 0.3) is 5.91 Å².